The van der Waals surface area contributed by atoms with E-state index in [1.165, 1.54) is 0 Å². The van der Waals surface area contributed by atoms with E-state index in [-0.39, 0.29) is 0 Å². The first-order valence-electron chi connectivity index (χ1n) is 6.30. The van der Waals surface area contributed by atoms with Gasteiger partial charge in [0.15, 0.2) is 5.82 Å². The molecular weight excluding hydrogens is 387 g/mol. The molecule has 7 heteroatoms. The highest BCUT2D eigenvalue weighted by atomic mass is 79.9. The molecule has 0 radical (unpaired) electrons. The van der Waals surface area contributed by atoms with Crippen LogP contribution in [0, 0.1) is 0 Å². The van der Waals surface area contributed by atoms with Crippen LogP contribution in [-0.2, 0) is 0 Å². The Morgan fingerprint density at radius 1 is 1.00 bits per heavy atom. The van der Waals surface area contributed by atoms with E-state index in [0.29, 0.717) is 27.5 Å². The van der Waals surface area contributed by atoms with E-state index in [9.17, 15) is 0 Å². The second kappa shape index (κ2) is 6.60. The summed E-state index contributed by atoms with van der Waals surface area (Å²) in [5.41, 5.74) is 1.46. The molecule has 2 heterocycles. The minimum Gasteiger partial charge on any atom is -0.340 e. The molecule has 1 aromatic carbocycles. The van der Waals surface area contributed by atoms with Gasteiger partial charge in [-0.05, 0) is 46.3 Å². The fraction of sp³-hybridized carbons (Fsp3) is 0. The van der Waals surface area contributed by atoms with E-state index in [1.807, 2.05) is 30.3 Å². The van der Waals surface area contributed by atoms with Gasteiger partial charge in [-0.25, -0.2) is 9.97 Å². The zero-order valence-corrected chi connectivity index (χ0v) is 14.2. The quantitative estimate of drug-likeness (QED) is 0.607. The minimum absolute atomic E-state index is 0.335. The van der Waals surface area contributed by atoms with Gasteiger partial charge < -0.3 is 5.32 Å². The zero-order valence-electron chi connectivity index (χ0n) is 11.1. The number of nitrogens with one attached hydrogen (secondary N) is 1. The third kappa shape index (κ3) is 3.55. The molecule has 2 aromatic heterocycles. The van der Waals surface area contributed by atoms with Gasteiger partial charge in [0.2, 0.25) is 0 Å². The normalized spacial score (nSPS) is 10.5. The Morgan fingerprint density at radius 2 is 1.86 bits per heavy atom. The topological polar surface area (TPSA) is 50.7 Å². The second-order valence-corrected chi connectivity index (χ2v) is 6.02. The number of halogens is 3. The van der Waals surface area contributed by atoms with Crippen molar-refractivity contribution in [3.63, 3.8) is 0 Å². The van der Waals surface area contributed by atoms with E-state index < -0.39 is 0 Å². The Bertz CT molecular complexity index is 812. The molecule has 3 rings (SSSR count). The van der Waals surface area contributed by atoms with Crippen molar-refractivity contribution in [1.29, 1.82) is 0 Å². The first-order chi connectivity index (χ1) is 10.6. The SMILES string of the molecule is Clc1cc(Nc2ccc(Br)c(Cl)c2)nc(-c2ccccn2)n1. The molecule has 1 N–H and O–H groups in total. The first-order valence-corrected chi connectivity index (χ1v) is 7.85. The van der Waals surface area contributed by atoms with E-state index in [0.717, 1.165) is 10.2 Å². The molecule has 0 bridgehead atoms. The molecule has 0 saturated carbocycles. The predicted octanol–water partition coefficient (Wildman–Crippen LogP) is 5.35. The summed E-state index contributed by atoms with van der Waals surface area (Å²) >= 11 is 15.5. The van der Waals surface area contributed by atoms with Crippen LogP contribution >= 0.6 is 39.1 Å². The first kappa shape index (κ1) is 15.2. The predicted molar refractivity (Wildman–Crippen MR) is 92.7 cm³/mol. The molecule has 0 aliphatic rings. The number of rotatable bonds is 3. The maximum absolute atomic E-state index is 6.08. The van der Waals surface area contributed by atoms with Gasteiger partial charge in [0.1, 0.15) is 16.7 Å². The van der Waals surface area contributed by atoms with Crippen LogP contribution in [0.15, 0.2) is 53.1 Å². The molecule has 0 aliphatic heterocycles. The second-order valence-electron chi connectivity index (χ2n) is 4.37. The van der Waals surface area contributed by atoms with Crippen LogP contribution in [0.1, 0.15) is 0 Å². The fourth-order valence-electron chi connectivity index (χ4n) is 1.81. The summed E-state index contributed by atoms with van der Waals surface area (Å²) in [6, 6.07) is 12.7. The molecule has 0 saturated heterocycles. The van der Waals surface area contributed by atoms with Crippen LogP contribution in [0.4, 0.5) is 11.5 Å². The summed E-state index contributed by atoms with van der Waals surface area (Å²) in [5, 5.41) is 4.10. The number of nitrogens with zero attached hydrogens (tertiary/aromatic N) is 3. The van der Waals surface area contributed by atoms with Crippen LogP contribution in [0.5, 0.6) is 0 Å². The molecule has 0 aliphatic carbocycles. The van der Waals surface area contributed by atoms with Gasteiger partial charge >= 0.3 is 0 Å². The lowest BCUT2D eigenvalue weighted by molar-refractivity contribution is 1.14. The van der Waals surface area contributed by atoms with Crippen molar-refractivity contribution >= 4 is 50.6 Å². The lowest BCUT2D eigenvalue weighted by Crippen LogP contribution is -1.98. The van der Waals surface area contributed by atoms with Gasteiger partial charge in [0.05, 0.1) is 5.02 Å². The summed E-state index contributed by atoms with van der Waals surface area (Å²) in [6.45, 7) is 0. The molecule has 3 aromatic rings. The fourth-order valence-corrected chi connectivity index (χ4v) is 2.42. The van der Waals surface area contributed by atoms with Crippen LogP contribution in [0.2, 0.25) is 10.2 Å². The smallest absolute Gasteiger partial charge is 0.181 e. The van der Waals surface area contributed by atoms with Crippen LogP contribution < -0.4 is 5.32 Å². The monoisotopic (exact) mass is 394 g/mol. The standard InChI is InChI=1S/C15H9BrCl2N4/c16-10-5-4-9(7-11(10)17)20-14-8-13(18)21-15(22-14)12-3-1-2-6-19-12/h1-8H,(H,20,21,22). The lowest BCUT2D eigenvalue weighted by atomic mass is 10.3. The molecule has 0 atom stereocenters. The Kier molecular flexibility index (Phi) is 4.57. The zero-order chi connectivity index (χ0) is 15.5. The van der Waals surface area contributed by atoms with Gasteiger partial charge in [-0.1, -0.05) is 29.3 Å². The lowest BCUT2D eigenvalue weighted by Gasteiger charge is -2.08. The Hall–Kier alpha value is -1.69. The largest absolute Gasteiger partial charge is 0.340 e. The van der Waals surface area contributed by atoms with Crippen molar-refractivity contribution in [2.75, 3.05) is 5.32 Å². The van der Waals surface area contributed by atoms with E-state index in [1.54, 1.807) is 18.3 Å². The van der Waals surface area contributed by atoms with E-state index >= 15 is 0 Å². The van der Waals surface area contributed by atoms with Crippen molar-refractivity contribution in [3.05, 3.63) is 63.3 Å². The summed E-state index contributed by atoms with van der Waals surface area (Å²) in [6.07, 6.45) is 1.68. The summed E-state index contributed by atoms with van der Waals surface area (Å²) in [5.74, 6) is 1.03. The average Bonchev–Trinajstić information content (AvgIpc) is 2.51. The molecule has 0 spiro atoms. The Balaban J connectivity index is 1.94. The van der Waals surface area contributed by atoms with Crippen molar-refractivity contribution in [1.82, 2.24) is 15.0 Å². The molecule has 110 valence electrons. The Morgan fingerprint density at radius 3 is 2.59 bits per heavy atom. The molecule has 22 heavy (non-hydrogen) atoms. The molecule has 0 fully saturated rings. The van der Waals surface area contributed by atoms with Gasteiger partial charge in [0.25, 0.3) is 0 Å². The maximum atomic E-state index is 6.08. The third-order valence-corrected chi connectivity index (χ3v) is 4.21. The van der Waals surface area contributed by atoms with Gasteiger partial charge in [-0.3, -0.25) is 4.98 Å². The van der Waals surface area contributed by atoms with Crippen molar-refractivity contribution in [2.45, 2.75) is 0 Å². The minimum atomic E-state index is 0.335. The number of aromatic nitrogens is 3. The molecule has 0 amide bonds. The maximum Gasteiger partial charge on any atom is 0.181 e. The van der Waals surface area contributed by atoms with Gasteiger partial charge in [-0.2, -0.15) is 0 Å². The molecule has 0 unspecified atom stereocenters. The molecule has 4 nitrogen and oxygen atoms in total. The summed E-state index contributed by atoms with van der Waals surface area (Å²) < 4.78 is 0.828. The summed E-state index contributed by atoms with van der Waals surface area (Å²) in [4.78, 5) is 12.8. The summed E-state index contributed by atoms with van der Waals surface area (Å²) in [7, 11) is 0. The third-order valence-electron chi connectivity index (χ3n) is 2.78. The van der Waals surface area contributed by atoms with Crippen LogP contribution in [0.25, 0.3) is 11.5 Å². The van der Waals surface area contributed by atoms with E-state index in [2.05, 4.69) is 36.2 Å². The number of hydrogen-bond acceptors (Lipinski definition) is 4. The van der Waals surface area contributed by atoms with Crippen molar-refractivity contribution in [3.8, 4) is 11.5 Å². The number of pyridine rings is 1. The van der Waals surface area contributed by atoms with Crippen molar-refractivity contribution in [2.24, 2.45) is 0 Å². The number of hydrogen-bond donors (Lipinski definition) is 1. The van der Waals surface area contributed by atoms with Crippen LogP contribution in [-0.4, -0.2) is 15.0 Å². The highest BCUT2D eigenvalue weighted by Gasteiger charge is 2.08. The average molecular weight is 396 g/mol. The highest BCUT2D eigenvalue weighted by Crippen LogP contribution is 2.28. The highest BCUT2D eigenvalue weighted by molar-refractivity contribution is 9.10. The van der Waals surface area contributed by atoms with Gasteiger partial charge in [-0.15, -0.1) is 0 Å². The number of anilines is 2. The van der Waals surface area contributed by atoms with Crippen LogP contribution in [0.3, 0.4) is 0 Å². The van der Waals surface area contributed by atoms with Gasteiger partial charge in [0, 0.05) is 22.4 Å². The van der Waals surface area contributed by atoms with E-state index in [4.69, 9.17) is 23.2 Å². The van der Waals surface area contributed by atoms with Crippen molar-refractivity contribution < 1.29 is 0 Å². The Labute approximate surface area is 145 Å². The molecular formula is C15H9BrCl2N4. The number of benzene rings is 1.